The summed E-state index contributed by atoms with van der Waals surface area (Å²) in [5.74, 6) is -0.885. The maximum Gasteiger partial charge on any atom is 0.309 e. The van der Waals surface area contributed by atoms with Crippen LogP contribution in [0.1, 0.15) is 30.3 Å². The predicted molar refractivity (Wildman–Crippen MR) is 103 cm³/mol. The second kappa shape index (κ2) is 8.73. The first kappa shape index (κ1) is 19.7. The number of likely N-dealkylation sites (tertiary alicyclic amines) is 1. The average Bonchev–Trinajstić information content (AvgIpc) is 3.27. The summed E-state index contributed by atoms with van der Waals surface area (Å²) >= 11 is 0. The summed E-state index contributed by atoms with van der Waals surface area (Å²) in [5.41, 5.74) is 0.736. The molecular weight excluding hydrogens is 360 g/mol. The molecule has 28 heavy (non-hydrogen) atoms. The van der Waals surface area contributed by atoms with Gasteiger partial charge in [0.25, 0.3) is 11.8 Å². The minimum absolute atomic E-state index is 0.176. The summed E-state index contributed by atoms with van der Waals surface area (Å²) < 4.78 is 10.5. The van der Waals surface area contributed by atoms with Gasteiger partial charge < -0.3 is 19.0 Å². The summed E-state index contributed by atoms with van der Waals surface area (Å²) in [4.78, 5) is 40.4. The molecule has 7 nitrogen and oxygen atoms in total. The van der Waals surface area contributed by atoms with E-state index < -0.39 is 12.1 Å². The third kappa shape index (κ3) is 4.42. The number of esters is 1. The van der Waals surface area contributed by atoms with E-state index in [-0.39, 0.29) is 17.7 Å². The molecule has 3 rings (SSSR count). The zero-order valence-corrected chi connectivity index (χ0v) is 16.0. The Hall–Kier alpha value is -3.09. The monoisotopic (exact) mass is 384 g/mol. The van der Waals surface area contributed by atoms with Gasteiger partial charge in [-0.05, 0) is 44.0 Å². The number of benzene rings is 1. The highest BCUT2D eigenvalue weighted by Gasteiger charge is 2.32. The van der Waals surface area contributed by atoms with E-state index in [1.807, 2.05) is 30.3 Å². The normalized spacial score (nSPS) is 15.7. The highest BCUT2D eigenvalue weighted by Crippen LogP contribution is 2.22. The lowest BCUT2D eigenvalue weighted by atomic mass is 9.97. The van der Waals surface area contributed by atoms with Crippen molar-refractivity contribution in [1.29, 1.82) is 0 Å². The van der Waals surface area contributed by atoms with E-state index in [4.69, 9.17) is 9.15 Å². The topological polar surface area (TPSA) is 80.1 Å². The predicted octanol–water partition coefficient (Wildman–Crippen LogP) is 2.73. The van der Waals surface area contributed by atoms with E-state index in [9.17, 15) is 14.4 Å². The van der Waals surface area contributed by atoms with Crippen molar-refractivity contribution >= 4 is 23.5 Å². The second-order valence-electron chi connectivity index (χ2n) is 6.86. The molecule has 1 aliphatic rings. The largest absolute Gasteiger partial charge is 0.459 e. The van der Waals surface area contributed by atoms with E-state index in [2.05, 4.69) is 0 Å². The zero-order valence-electron chi connectivity index (χ0n) is 16.0. The van der Waals surface area contributed by atoms with E-state index in [0.717, 1.165) is 5.69 Å². The minimum Gasteiger partial charge on any atom is -0.459 e. The number of likely N-dealkylation sites (N-methyl/N-ethyl adjacent to an activating group) is 1. The Morgan fingerprint density at radius 3 is 2.39 bits per heavy atom. The van der Waals surface area contributed by atoms with Gasteiger partial charge in [0.05, 0.1) is 12.2 Å². The number of hydrogen-bond donors (Lipinski definition) is 0. The highest BCUT2D eigenvalue weighted by molar-refractivity contribution is 5.97. The summed E-state index contributed by atoms with van der Waals surface area (Å²) in [7, 11) is 1.65. The van der Waals surface area contributed by atoms with Crippen LogP contribution in [-0.2, 0) is 14.3 Å². The number of amides is 2. The standard InChI is InChI=1S/C21H24N2O5/c1-15(19(24)22(2)17-7-4-3-5-8-17)28-21(26)16-10-12-23(13-11-16)20(25)18-9-6-14-27-18/h3-9,14-16H,10-13H2,1-2H3/t15-/m1/s1. The molecule has 0 aliphatic carbocycles. The quantitative estimate of drug-likeness (QED) is 0.741. The Morgan fingerprint density at radius 1 is 1.11 bits per heavy atom. The fourth-order valence-electron chi connectivity index (χ4n) is 3.25. The van der Waals surface area contributed by atoms with Crippen LogP contribution in [-0.4, -0.2) is 48.9 Å². The van der Waals surface area contributed by atoms with Crippen molar-refractivity contribution in [3.05, 3.63) is 54.5 Å². The number of ether oxygens (including phenoxy) is 1. The van der Waals surface area contributed by atoms with Crippen molar-refractivity contribution in [1.82, 2.24) is 4.90 Å². The smallest absolute Gasteiger partial charge is 0.309 e. The molecule has 0 spiro atoms. The van der Waals surface area contributed by atoms with Gasteiger partial charge in [-0.25, -0.2) is 0 Å². The first-order valence-electron chi connectivity index (χ1n) is 9.33. The first-order chi connectivity index (χ1) is 13.5. The molecule has 0 saturated carbocycles. The van der Waals surface area contributed by atoms with Gasteiger partial charge >= 0.3 is 5.97 Å². The van der Waals surface area contributed by atoms with E-state index >= 15 is 0 Å². The van der Waals surface area contributed by atoms with Crippen molar-refractivity contribution in [3.63, 3.8) is 0 Å². The van der Waals surface area contributed by atoms with Crippen molar-refractivity contribution in [2.24, 2.45) is 5.92 Å². The molecule has 1 aromatic carbocycles. The highest BCUT2D eigenvalue weighted by atomic mass is 16.5. The third-order valence-corrected chi connectivity index (χ3v) is 4.96. The summed E-state index contributed by atoms with van der Waals surface area (Å²) in [6, 6.07) is 12.5. The lowest BCUT2D eigenvalue weighted by Gasteiger charge is -2.31. The molecule has 148 valence electrons. The van der Waals surface area contributed by atoms with Crippen LogP contribution >= 0.6 is 0 Å². The van der Waals surface area contributed by atoms with Crippen LogP contribution in [0.2, 0.25) is 0 Å². The number of rotatable bonds is 5. The average molecular weight is 384 g/mol. The van der Waals surface area contributed by atoms with Crippen LogP contribution in [0.5, 0.6) is 0 Å². The fraction of sp³-hybridized carbons (Fsp3) is 0.381. The summed E-state index contributed by atoms with van der Waals surface area (Å²) in [6.07, 6.45) is 1.59. The van der Waals surface area contributed by atoms with Crippen LogP contribution in [0.15, 0.2) is 53.1 Å². The maximum atomic E-state index is 12.5. The lowest BCUT2D eigenvalue weighted by molar-refractivity contribution is -0.159. The van der Waals surface area contributed by atoms with Crippen LogP contribution in [0, 0.1) is 5.92 Å². The molecule has 1 aliphatic heterocycles. The molecule has 2 amide bonds. The number of para-hydroxylation sites is 1. The van der Waals surface area contributed by atoms with E-state index in [1.54, 1.807) is 31.0 Å². The molecular formula is C21H24N2O5. The van der Waals surface area contributed by atoms with Gasteiger partial charge in [-0.1, -0.05) is 18.2 Å². The van der Waals surface area contributed by atoms with Gasteiger partial charge in [-0.15, -0.1) is 0 Å². The van der Waals surface area contributed by atoms with Crippen LogP contribution in [0.4, 0.5) is 5.69 Å². The van der Waals surface area contributed by atoms with Gasteiger partial charge in [0.1, 0.15) is 0 Å². The molecule has 0 bridgehead atoms. The van der Waals surface area contributed by atoms with Gasteiger partial charge in [0.2, 0.25) is 0 Å². The third-order valence-electron chi connectivity index (χ3n) is 4.96. The number of nitrogens with zero attached hydrogens (tertiary/aromatic N) is 2. The number of carbonyl (C=O) groups excluding carboxylic acids is 3. The SMILES string of the molecule is C[C@@H](OC(=O)C1CCN(C(=O)c2ccco2)CC1)C(=O)N(C)c1ccccc1. The Labute approximate surface area is 163 Å². The van der Waals surface area contributed by atoms with Gasteiger partial charge in [-0.3, -0.25) is 14.4 Å². The van der Waals surface area contributed by atoms with Crippen molar-refractivity contribution in [2.45, 2.75) is 25.9 Å². The van der Waals surface area contributed by atoms with Crippen LogP contribution in [0.25, 0.3) is 0 Å². The second-order valence-corrected chi connectivity index (χ2v) is 6.86. The molecule has 1 aromatic heterocycles. The van der Waals surface area contributed by atoms with Crippen molar-refractivity contribution in [2.75, 3.05) is 25.0 Å². The van der Waals surface area contributed by atoms with Gasteiger partial charge in [0.15, 0.2) is 11.9 Å². The molecule has 1 saturated heterocycles. The first-order valence-corrected chi connectivity index (χ1v) is 9.33. The molecule has 0 N–H and O–H groups in total. The lowest BCUT2D eigenvalue weighted by Crippen LogP contribution is -2.42. The Kier molecular flexibility index (Phi) is 6.13. The van der Waals surface area contributed by atoms with Gasteiger partial charge in [0, 0.05) is 25.8 Å². The molecule has 1 fully saturated rings. The molecule has 2 aromatic rings. The number of hydrogen-bond acceptors (Lipinski definition) is 5. The number of anilines is 1. The van der Waals surface area contributed by atoms with Crippen molar-refractivity contribution < 1.29 is 23.5 Å². The number of carbonyl (C=O) groups is 3. The summed E-state index contributed by atoms with van der Waals surface area (Å²) in [5, 5.41) is 0. The Balaban J connectivity index is 1.50. The number of piperidine rings is 1. The molecule has 0 unspecified atom stereocenters. The molecule has 7 heteroatoms. The van der Waals surface area contributed by atoms with Gasteiger partial charge in [-0.2, -0.15) is 0 Å². The fourth-order valence-corrected chi connectivity index (χ4v) is 3.25. The van der Waals surface area contributed by atoms with Crippen LogP contribution in [0.3, 0.4) is 0 Å². The zero-order chi connectivity index (χ0) is 20.1. The van der Waals surface area contributed by atoms with E-state index in [0.29, 0.717) is 31.7 Å². The number of furan rings is 1. The molecule has 2 heterocycles. The Bertz CT molecular complexity index is 811. The Morgan fingerprint density at radius 2 is 1.79 bits per heavy atom. The van der Waals surface area contributed by atoms with Crippen molar-refractivity contribution in [3.8, 4) is 0 Å². The molecule has 1 atom stereocenters. The summed E-state index contributed by atoms with van der Waals surface area (Å²) in [6.45, 7) is 2.48. The maximum absolute atomic E-state index is 12.5. The van der Waals surface area contributed by atoms with E-state index in [1.165, 1.54) is 11.2 Å². The van der Waals surface area contributed by atoms with Crippen LogP contribution < -0.4 is 4.90 Å². The minimum atomic E-state index is -0.875. The molecule has 0 radical (unpaired) electrons.